The lowest BCUT2D eigenvalue weighted by Gasteiger charge is -2.15. The third-order valence-electron chi connectivity index (χ3n) is 3.30. The van der Waals surface area contributed by atoms with Crippen molar-refractivity contribution < 1.29 is 9.59 Å². The summed E-state index contributed by atoms with van der Waals surface area (Å²) < 4.78 is 0.947. The maximum atomic E-state index is 11.9. The maximum absolute atomic E-state index is 11.9. The van der Waals surface area contributed by atoms with E-state index in [4.69, 9.17) is 5.73 Å². The van der Waals surface area contributed by atoms with Gasteiger partial charge in [-0.3, -0.25) is 4.79 Å². The molecule has 1 fully saturated rings. The van der Waals surface area contributed by atoms with Crippen molar-refractivity contribution in [3.63, 3.8) is 0 Å². The van der Waals surface area contributed by atoms with Gasteiger partial charge in [0.1, 0.15) is 0 Å². The van der Waals surface area contributed by atoms with Crippen molar-refractivity contribution in [3.05, 3.63) is 28.7 Å². The van der Waals surface area contributed by atoms with Gasteiger partial charge in [-0.05, 0) is 30.7 Å². The highest BCUT2D eigenvalue weighted by Crippen LogP contribution is 2.13. The van der Waals surface area contributed by atoms with E-state index in [0.29, 0.717) is 31.7 Å². The lowest BCUT2D eigenvalue weighted by Crippen LogP contribution is -2.36. The zero-order valence-electron chi connectivity index (χ0n) is 12.0. The van der Waals surface area contributed by atoms with Gasteiger partial charge in [0.2, 0.25) is 5.91 Å². The van der Waals surface area contributed by atoms with Crippen LogP contribution in [0.15, 0.2) is 28.7 Å². The Labute approximate surface area is 144 Å². The molecule has 4 N–H and O–H groups in total. The molecule has 0 unspecified atom stereocenters. The number of likely N-dealkylation sites (tertiary alicyclic amines) is 1. The highest BCUT2D eigenvalue weighted by molar-refractivity contribution is 9.10. The highest BCUT2D eigenvalue weighted by atomic mass is 79.9. The van der Waals surface area contributed by atoms with Gasteiger partial charge in [-0.1, -0.05) is 15.9 Å². The molecule has 0 bridgehead atoms. The van der Waals surface area contributed by atoms with Crippen molar-refractivity contribution in [2.75, 3.05) is 25.0 Å². The standard InChI is InChI=1S/C14H19BrN4O2.ClH/c15-10-1-3-12(4-2-10)18-14(21)17-7-5-13(20)19-8-6-11(16)9-19;/h1-4,11H,5-9,16H2,(H2,17,18,21);1H/t11-;/m1./s1. The van der Waals surface area contributed by atoms with Gasteiger partial charge >= 0.3 is 6.03 Å². The number of nitrogens with zero attached hydrogens (tertiary/aromatic N) is 1. The second-order valence-electron chi connectivity index (χ2n) is 5.03. The zero-order valence-corrected chi connectivity index (χ0v) is 14.5. The van der Waals surface area contributed by atoms with Crippen LogP contribution >= 0.6 is 28.3 Å². The summed E-state index contributed by atoms with van der Waals surface area (Å²) in [7, 11) is 0. The van der Waals surface area contributed by atoms with Gasteiger partial charge in [0.15, 0.2) is 0 Å². The van der Waals surface area contributed by atoms with E-state index in [0.717, 1.165) is 10.9 Å². The molecule has 1 aromatic carbocycles. The monoisotopic (exact) mass is 390 g/mol. The molecular formula is C14H20BrClN4O2. The van der Waals surface area contributed by atoms with Crippen LogP contribution in [0, 0.1) is 0 Å². The van der Waals surface area contributed by atoms with Crippen molar-refractivity contribution in [1.82, 2.24) is 10.2 Å². The van der Waals surface area contributed by atoms with Crippen LogP contribution in [0.2, 0.25) is 0 Å². The van der Waals surface area contributed by atoms with Crippen LogP contribution in [-0.4, -0.2) is 42.5 Å². The predicted molar refractivity (Wildman–Crippen MR) is 92.2 cm³/mol. The van der Waals surface area contributed by atoms with Gasteiger partial charge in [0, 0.05) is 42.3 Å². The first-order chi connectivity index (χ1) is 10.0. The van der Waals surface area contributed by atoms with E-state index < -0.39 is 0 Å². The Balaban J connectivity index is 0.00000242. The van der Waals surface area contributed by atoms with E-state index in [-0.39, 0.29) is 30.4 Å². The Morgan fingerprint density at radius 3 is 2.59 bits per heavy atom. The van der Waals surface area contributed by atoms with Crippen LogP contribution in [-0.2, 0) is 4.79 Å². The Morgan fingerprint density at radius 2 is 2.00 bits per heavy atom. The summed E-state index contributed by atoms with van der Waals surface area (Å²) in [5.41, 5.74) is 6.46. The molecule has 0 aromatic heterocycles. The van der Waals surface area contributed by atoms with Crippen LogP contribution in [0.1, 0.15) is 12.8 Å². The first-order valence-corrected chi connectivity index (χ1v) is 7.67. The number of benzene rings is 1. The van der Waals surface area contributed by atoms with E-state index in [2.05, 4.69) is 26.6 Å². The number of urea groups is 1. The molecule has 0 spiro atoms. The number of hydrogen-bond acceptors (Lipinski definition) is 3. The molecule has 1 saturated heterocycles. The summed E-state index contributed by atoms with van der Waals surface area (Å²) in [6.07, 6.45) is 1.14. The second kappa shape index (κ2) is 8.97. The van der Waals surface area contributed by atoms with Gasteiger partial charge in [0.25, 0.3) is 0 Å². The lowest BCUT2D eigenvalue weighted by molar-refractivity contribution is -0.130. The number of rotatable bonds is 4. The summed E-state index contributed by atoms with van der Waals surface area (Å²) in [6.45, 7) is 1.64. The fourth-order valence-corrected chi connectivity index (χ4v) is 2.43. The van der Waals surface area contributed by atoms with Crippen LogP contribution in [0.5, 0.6) is 0 Å². The van der Waals surface area contributed by atoms with E-state index in [9.17, 15) is 9.59 Å². The molecule has 1 atom stereocenters. The summed E-state index contributed by atoms with van der Waals surface area (Å²) in [6, 6.07) is 7.04. The molecule has 22 heavy (non-hydrogen) atoms. The SMILES string of the molecule is Cl.N[C@@H]1CCN(C(=O)CCNC(=O)Nc2ccc(Br)cc2)C1. The van der Waals surface area contributed by atoms with Crippen molar-refractivity contribution >= 4 is 46.0 Å². The van der Waals surface area contributed by atoms with E-state index in [1.54, 1.807) is 17.0 Å². The number of carbonyl (C=O) groups excluding carboxylic acids is 2. The van der Waals surface area contributed by atoms with Gasteiger partial charge in [0.05, 0.1) is 0 Å². The molecule has 2 rings (SSSR count). The minimum atomic E-state index is -0.316. The molecule has 6 nitrogen and oxygen atoms in total. The number of nitrogens with two attached hydrogens (primary N) is 1. The molecular weight excluding hydrogens is 372 g/mol. The Hall–Kier alpha value is -1.31. The van der Waals surface area contributed by atoms with E-state index in [1.165, 1.54) is 0 Å². The smallest absolute Gasteiger partial charge is 0.319 e. The maximum Gasteiger partial charge on any atom is 0.319 e. The molecule has 3 amide bonds. The minimum Gasteiger partial charge on any atom is -0.341 e. The molecule has 1 aromatic rings. The number of hydrogen-bond donors (Lipinski definition) is 3. The Kier molecular flexibility index (Phi) is 7.64. The van der Waals surface area contributed by atoms with Crippen LogP contribution < -0.4 is 16.4 Å². The molecule has 1 aliphatic heterocycles. The molecule has 1 heterocycles. The largest absolute Gasteiger partial charge is 0.341 e. The summed E-state index contributed by atoms with van der Waals surface area (Å²) in [5.74, 6) is 0.0342. The number of anilines is 1. The lowest BCUT2D eigenvalue weighted by atomic mass is 10.3. The third kappa shape index (κ3) is 5.82. The van der Waals surface area contributed by atoms with Crippen molar-refractivity contribution in [1.29, 1.82) is 0 Å². The van der Waals surface area contributed by atoms with E-state index in [1.807, 2.05) is 12.1 Å². The zero-order chi connectivity index (χ0) is 15.2. The van der Waals surface area contributed by atoms with Gasteiger partial charge in [-0.15, -0.1) is 12.4 Å². The molecule has 0 aliphatic carbocycles. The molecule has 8 heteroatoms. The van der Waals surface area contributed by atoms with Gasteiger partial charge in [-0.25, -0.2) is 4.79 Å². The topological polar surface area (TPSA) is 87.5 Å². The molecule has 122 valence electrons. The van der Waals surface area contributed by atoms with Crippen molar-refractivity contribution in [2.45, 2.75) is 18.9 Å². The number of amides is 3. The highest BCUT2D eigenvalue weighted by Gasteiger charge is 2.22. The van der Waals surface area contributed by atoms with Gasteiger partial charge in [-0.2, -0.15) is 0 Å². The average Bonchev–Trinajstić information content (AvgIpc) is 2.88. The quantitative estimate of drug-likeness (QED) is 0.733. The normalized spacial score (nSPS) is 16.8. The minimum absolute atomic E-state index is 0. The molecule has 1 aliphatic rings. The molecule has 0 radical (unpaired) electrons. The number of nitrogens with one attached hydrogen (secondary N) is 2. The third-order valence-corrected chi connectivity index (χ3v) is 3.83. The molecule has 0 saturated carbocycles. The Morgan fingerprint density at radius 1 is 1.32 bits per heavy atom. The summed E-state index contributed by atoms with van der Waals surface area (Å²) in [4.78, 5) is 25.3. The van der Waals surface area contributed by atoms with E-state index >= 15 is 0 Å². The van der Waals surface area contributed by atoms with Crippen LogP contribution in [0.25, 0.3) is 0 Å². The van der Waals surface area contributed by atoms with Crippen LogP contribution in [0.3, 0.4) is 0 Å². The van der Waals surface area contributed by atoms with Gasteiger partial charge < -0.3 is 21.3 Å². The van der Waals surface area contributed by atoms with Crippen molar-refractivity contribution in [3.8, 4) is 0 Å². The van der Waals surface area contributed by atoms with Crippen LogP contribution in [0.4, 0.5) is 10.5 Å². The number of carbonyl (C=O) groups is 2. The Bertz CT molecular complexity index is 512. The number of halogens is 2. The fraction of sp³-hybridized carbons (Fsp3) is 0.429. The predicted octanol–water partition coefficient (Wildman–Crippen LogP) is 1.94. The van der Waals surface area contributed by atoms with Crippen molar-refractivity contribution in [2.24, 2.45) is 5.73 Å². The first-order valence-electron chi connectivity index (χ1n) is 6.88. The summed E-state index contributed by atoms with van der Waals surface area (Å²) in [5, 5.41) is 5.37. The first kappa shape index (κ1) is 18.7. The summed E-state index contributed by atoms with van der Waals surface area (Å²) >= 11 is 3.33. The fourth-order valence-electron chi connectivity index (χ4n) is 2.16. The second-order valence-corrected chi connectivity index (χ2v) is 5.94. The average molecular weight is 392 g/mol.